The molecule has 34 heavy (non-hydrogen) atoms. The van der Waals surface area contributed by atoms with Crippen LogP contribution in [0, 0.1) is 23.7 Å². The van der Waals surface area contributed by atoms with Crippen LogP contribution >= 0.6 is 0 Å². The standard InChI is InChI=1S/C32H60N2/c1-9-15-17-19-29-30(20-18-16-10-2)32(34-24-28(14-6)26(8)12-4)22-21-31(29)33-23-27(13-5)25(7)11-3/h21-22,25-28,33-34H,9-20,23-24H2,1-8H3. The van der Waals surface area contributed by atoms with E-state index < -0.39 is 0 Å². The van der Waals surface area contributed by atoms with Crippen molar-refractivity contribution in [2.45, 2.75) is 132 Å². The minimum absolute atomic E-state index is 0.746. The number of unbranched alkanes of at least 4 members (excludes halogenated alkanes) is 4. The molecular formula is C32H60N2. The van der Waals surface area contributed by atoms with Crippen LogP contribution in [0.2, 0.25) is 0 Å². The van der Waals surface area contributed by atoms with Crippen LogP contribution in [0.15, 0.2) is 12.1 Å². The van der Waals surface area contributed by atoms with Gasteiger partial charge >= 0.3 is 0 Å². The van der Waals surface area contributed by atoms with Gasteiger partial charge in [-0.2, -0.15) is 0 Å². The van der Waals surface area contributed by atoms with Gasteiger partial charge in [0, 0.05) is 24.5 Å². The van der Waals surface area contributed by atoms with Crippen molar-refractivity contribution >= 4 is 11.4 Å². The normalized spacial score (nSPS) is 15.1. The van der Waals surface area contributed by atoms with E-state index >= 15 is 0 Å². The molecule has 4 unspecified atom stereocenters. The molecule has 0 spiro atoms. The Kier molecular flexibility index (Phi) is 16.5. The molecule has 2 N–H and O–H groups in total. The van der Waals surface area contributed by atoms with E-state index in [-0.39, 0.29) is 0 Å². The van der Waals surface area contributed by atoms with Gasteiger partial charge < -0.3 is 10.6 Å². The fourth-order valence-corrected chi connectivity index (χ4v) is 5.34. The predicted octanol–water partition coefficient (Wildman–Crippen LogP) is 10.1. The molecule has 4 atom stereocenters. The molecule has 0 fully saturated rings. The minimum Gasteiger partial charge on any atom is -0.385 e. The summed E-state index contributed by atoms with van der Waals surface area (Å²) in [5.41, 5.74) is 6.02. The van der Waals surface area contributed by atoms with E-state index in [9.17, 15) is 0 Å². The van der Waals surface area contributed by atoms with Crippen molar-refractivity contribution in [1.82, 2.24) is 0 Å². The van der Waals surface area contributed by atoms with Crippen LogP contribution in [0.4, 0.5) is 11.4 Å². The highest BCUT2D eigenvalue weighted by atomic mass is 14.9. The maximum atomic E-state index is 3.94. The Morgan fingerprint density at radius 3 is 1.24 bits per heavy atom. The van der Waals surface area contributed by atoms with Crippen LogP contribution in [0.1, 0.15) is 131 Å². The molecule has 0 saturated carbocycles. The van der Waals surface area contributed by atoms with Gasteiger partial charge in [0.2, 0.25) is 0 Å². The first kappa shape index (κ1) is 30.9. The SMILES string of the molecule is CCCCCc1c(NCC(CC)C(C)CC)ccc(NCC(CC)C(C)CC)c1CCCCC. The lowest BCUT2D eigenvalue weighted by Crippen LogP contribution is -2.22. The topological polar surface area (TPSA) is 24.1 Å². The molecule has 1 aromatic rings. The Balaban J connectivity index is 3.24. The summed E-state index contributed by atoms with van der Waals surface area (Å²) in [5, 5.41) is 7.88. The molecule has 0 aliphatic heterocycles. The third-order valence-electron chi connectivity index (χ3n) is 8.55. The lowest BCUT2D eigenvalue weighted by atomic mass is 9.88. The summed E-state index contributed by atoms with van der Waals surface area (Å²) in [6.45, 7) is 21.0. The minimum atomic E-state index is 0.746. The van der Waals surface area contributed by atoms with Gasteiger partial charge in [-0.25, -0.2) is 0 Å². The molecule has 0 saturated heterocycles. The molecule has 1 aromatic carbocycles. The molecule has 0 aromatic heterocycles. The fourth-order valence-electron chi connectivity index (χ4n) is 5.34. The van der Waals surface area contributed by atoms with E-state index in [2.05, 4.69) is 78.2 Å². The zero-order valence-corrected chi connectivity index (χ0v) is 24.4. The number of hydrogen-bond donors (Lipinski definition) is 2. The molecule has 0 bridgehead atoms. The summed E-state index contributed by atoms with van der Waals surface area (Å²) in [4.78, 5) is 0. The van der Waals surface area contributed by atoms with Crippen molar-refractivity contribution < 1.29 is 0 Å². The van der Waals surface area contributed by atoms with Crippen molar-refractivity contribution in [3.63, 3.8) is 0 Å². The van der Waals surface area contributed by atoms with Gasteiger partial charge in [0.1, 0.15) is 0 Å². The quantitative estimate of drug-likeness (QED) is 0.184. The number of nitrogens with one attached hydrogen (secondary N) is 2. The van der Waals surface area contributed by atoms with Crippen molar-refractivity contribution in [2.24, 2.45) is 23.7 Å². The Labute approximate surface area is 214 Å². The Morgan fingerprint density at radius 2 is 0.941 bits per heavy atom. The molecule has 198 valence electrons. The van der Waals surface area contributed by atoms with Gasteiger partial charge in [-0.05, 0) is 72.6 Å². The third kappa shape index (κ3) is 10.2. The first-order valence-electron chi connectivity index (χ1n) is 15.1. The molecule has 0 amide bonds. The van der Waals surface area contributed by atoms with E-state index in [1.54, 1.807) is 11.1 Å². The summed E-state index contributed by atoms with van der Waals surface area (Å²) in [7, 11) is 0. The van der Waals surface area contributed by atoms with Crippen LogP contribution in [0.25, 0.3) is 0 Å². The molecule has 1 rings (SSSR count). The maximum Gasteiger partial charge on any atom is 0.0377 e. The smallest absolute Gasteiger partial charge is 0.0377 e. The zero-order valence-electron chi connectivity index (χ0n) is 24.4. The lowest BCUT2D eigenvalue weighted by molar-refractivity contribution is 0.354. The molecule has 0 aliphatic carbocycles. The summed E-state index contributed by atoms with van der Waals surface area (Å²) < 4.78 is 0. The first-order valence-corrected chi connectivity index (χ1v) is 15.1. The lowest BCUT2D eigenvalue weighted by Gasteiger charge is -2.27. The largest absolute Gasteiger partial charge is 0.385 e. The Hall–Kier alpha value is -1.18. The molecule has 0 heterocycles. The van der Waals surface area contributed by atoms with Gasteiger partial charge in [0.25, 0.3) is 0 Å². The van der Waals surface area contributed by atoms with E-state index in [1.165, 1.54) is 88.4 Å². The highest BCUT2D eigenvalue weighted by molar-refractivity contribution is 5.66. The molecule has 0 radical (unpaired) electrons. The predicted molar refractivity (Wildman–Crippen MR) is 156 cm³/mol. The van der Waals surface area contributed by atoms with Gasteiger partial charge in [0.15, 0.2) is 0 Å². The average molecular weight is 473 g/mol. The van der Waals surface area contributed by atoms with Crippen LogP contribution in [0.5, 0.6) is 0 Å². The van der Waals surface area contributed by atoms with Crippen molar-refractivity contribution in [1.29, 1.82) is 0 Å². The fraction of sp³-hybridized carbons (Fsp3) is 0.812. The number of benzene rings is 1. The molecular weight excluding hydrogens is 412 g/mol. The van der Waals surface area contributed by atoms with Crippen molar-refractivity contribution in [3.05, 3.63) is 23.3 Å². The number of anilines is 2. The first-order chi connectivity index (χ1) is 16.5. The van der Waals surface area contributed by atoms with Crippen LogP contribution in [-0.2, 0) is 12.8 Å². The summed E-state index contributed by atoms with van der Waals surface area (Å²) in [5.74, 6) is 3.04. The average Bonchev–Trinajstić information content (AvgIpc) is 2.86. The highest BCUT2D eigenvalue weighted by Gasteiger charge is 2.19. The molecule has 2 nitrogen and oxygen atoms in total. The summed E-state index contributed by atoms with van der Waals surface area (Å²) in [6, 6.07) is 4.78. The van der Waals surface area contributed by atoms with Gasteiger partial charge in [0.05, 0.1) is 0 Å². The second kappa shape index (κ2) is 18.1. The Bertz CT molecular complexity index is 583. The van der Waals surface area contributed by atoms with E-state index in [0.717, 1.165) is 36.8 Å². The molecule has 0 aliphatic rings. The second-order valence-corrected chi connectivity index (χ2v) is 10.9. The number of rotatable bonds is 20. The van der Waals surface area contributed by atoms with Crippen molar-refractivity contribution in [2.75, 3.05) is 23.7 Å². The van der Waals surface area contributed by atoms with E-state index in [4.69, 9.17) is 0 Å². The maximum absolute atomic E-state index is 3.94. The highest BCUT2D eigenvalue weighted by Crippen LogP contribution is 2.32. The Morgan fingerprint density at radius 1 is 0.559 bits per heavy atom. The van der Waals surface area contributed by atoms with Crippen LogP contribution < -0.4 is 10.6 Å². The summed E-state index contributed by atoms with van der Waals surface area (Å²) in [6.07, 6.45) is 15.2. The van der Waals surface area contributed by atoms with E-state index in [0.29, 0.717) is 0 Å². The van der Waals surface area contributed by atoms with Crippen molar-refractivity contribution in [3.8, 4) is 0 Å². The number of hydrogen-bond acceptors (Lipinski definition) is 2. The molecule has 2 heteroatoms. The van der Waals surface area contributed by atoms with E-state index in [1.807, 2.05) is 0 Å². The monoisotopic (exact) mass is 472 g/mol. The van der Waals surface area contributed by atoms with Gasteiger partial charge in [-0.15, -0.1) is 0 Å². The summed E-state index contributed by atoms with van der Waals surface area (Å²) >= 11 is 0. The zero-order chi connectivity index (χ0) is 25.3. The third-order valence-corrected chi connectivity index (χ3v) is 8.55. The second-order valence-electron chi connectivity index (χ2n) is 10.9. The van der Waals surface area contributed by atoms with Crippen LogP contribution in [-0.4, -0.2) is 13.1 Å². The van der Waals surface area contributed by atoms with Gasteiger partial charge in [-0.1, -0.05) is 107 Å². The van der Waals surface area contributed by atoms with Crippen LogP contribution in [0.3, 0.4) is 0 Å². The van der Waals surface area contributed by atoms with Gasteiger partial charge in [-0.3, -0.25) is 0 Å².